The van der Waals surface area contributed by atoms with E-state index in [4.69, 9.17) is 4.55 Å². The van der Waals surface area contributed by atoms with Crippen molar-refractivity contribution in [2.24, 2.45) is 0 Å². The Labute approximate surface area is 112 Å². The maximum atomic E-state index is 13.9. The van der Waals surface area contributed by atoms with Crippen LogP contribution in [0.15, 0.2) is 29.2 Å². The predicted molar refractivity (Wildman–Crippen MR) is 64.4 cm³/mol. The van der Waals surface area contributed by atoms with Crippen molar-refractivity contribution in [3.05, 3.63) is 52.8 Å². The first-order valence-corrected chi connectivity index (χ1v) is 7.01. The fourth-order valence-corrected chi connectivity index (χ4v) is 3.31. The Kier molecular flexibility index (Phi) is 2.67. The van der Waals surface area contributed by atoms with Crippen molar-refractivity contribution in [3.8, 4) is 11.1 Å². The van der Waals surface area contributed by atoms with Gasteiger partial charge in [-0.3, -0.25) is 4.55 Å². The van der Waals surface area contributed by atoms with Gasteiger partial charge in [0.05, 0.1) is 0 Å². The minimum atomic E-state index is -5.00. The predicted octanol–water partition coefficient (Wildman–Crippen LogP) is 2.92. The SMILES string of the molecule is O=S(=O)(O)c1c(F)c(F)c(F)c2c1Cc1ccccc1-2. The van der Waals surface area contributed by atoms with E-state index in [-0.39, 0.29) is 17.5 Å². The van der Waals surface area contributed by atoms with Gasteiger partial charge in [0.1, 0.15) is 4.90 Å². The maximum Gasteiger partial charge on any atom is 0.297 e. The highest BCUT2D eigenvalue weighted by Gasteiger charge is 2.35. The van der Waals surface area contributed by atoms with Crippen LogP contribution in [0, 0.1) is 17.5 Å². The number of fused-ring (bicyclic) bond motifs is 3. The zero-order valence-corrected chi connectivity index (χ0v) is 10.6. The second kappa shape index (κ2) is 4.07. The molecule has 3 rings (SSSR count). The van der Waals surface area contributed by atoms with Crippen LogP contribution in [0.25, 0.3) is 11.1 Å². The van der Waals surface area contributed by atoms with Crippen molar-refractivity contribution in [1.82, 2.24) is 0 Å². The van der Waals surface area contributed by atoms with Crippen LogP contribution in [0.3, 0.4) is 0 Å². The molecule has 1 aliphatic rings. The smallest absolute Gasteiger partial charge is 0.282 e. The fourth-order valence-electron chi connectivity index (χ4n) is 2.51. The lowest BCUT2D eigenvalue weighted by molar-refractivity contribution is 0.422. The summed E-state index contributed by atoms with van der Waals surface area (Å²) in [5.41, 5.74) is 0.261. The Bertz CT molecular complexity index is 844. The van der Waals surface area contributed by atoms with E-state index in [1.54, 1.807) is 18.2 Å². The molecule has 7 heteroatoms. The molecule has 0 unspecified atom stereocenters. The van der Waals surface area contributed by atoms with Gasteiger partial charge in [0.25, 0.3) is 10.1 Å². The van der Waals surface area contributed by atoms with Gasteiger partial charge >= 0.3 is 0 Å². The average Bonchev–Trinajstić information content (AvgIpc) is 2.73. The van der Waals surface area contributed by atoms with Crippen molar-refractivity contribution in [3.63, 3.8) is 0 Å². The van der Waals surface area contributed by atoms with Crippen LogP contribution < -0.4 is 0 Å². The fraction of sp³-hybridized carbons (Fsp3) is 0.0769. The molecule has 0 bridgehead atoms. The lowest BCUT2D eigenvalue weighted by Crippen LogP contribution is -2.10. The van der Waals surface area contributed by atoms with Gasteiger partial charge in [-0.1, -0.05) is 24.3 Å². The third kappa shape index (κ3) is 1.66. The highest BCUT2D eigenvalue weighted by atomic mass is 32.2. The molecule has 0 atom stereocenters. The van der Waals surface area contributed by atoms with E-state index in [2.05, 4.69) is 0 Å². The van der Waals surface area contributed by atoms with Crippen LogP contribution >= 0.6 is 0 Å². The summed E-state index contributed by atoms with van der Waals surface area (Å²) in [7, 11) is -5.00. The summed E-state index contributed by atoms with van der Waals surface area (Å²) in [5, 5.41) is 0. The topological polar surface area (TPSA) is 54.4 Å². The van der Waals surface area contributed by atoms with Crippen molar-refractivity contribution >= 4 is 10.1 Å². The van der Waals surface area contributed by atoms with Crippen LogP contribution in [0.1, 0.15) is 11.1 Å². The van der Waals surface area contributed by atoms with E-state index in [9.17, 15) is 21.6 Å². The third-order valence-electron chi connectivity index (χ3n) is 3.29. The highest BCUT2D eigenvalue weighted by Crippen LogP contribution is 2.43. The number of hydrogen-bond donors (Lipinski definition) is 1. The Morgan fingerprint density at radius 3 is 2.30 bits per heavy atom. The maximum absolute atomic E-state index is 13.9. The normalized spacial score (nSPS) is 13.2. The lowest BCUT2D eigenvalue weighted by Gasteiger charge is -2.10. The van der Waals surface area contributed by atoms with Crippen molar-refractivity contribution in [2.75, 3.05) is 0 Å². The van der Waals surface area contributed by atoms with Gasteiger partial charge in [-0.2, -0.15) is 8.42 Å². The standard InChI is InChI=1S/C13H7F3O3S/c14-10-9-7-4-2-1-3-6(7)5-8(9)13(20(17,18)19)12(16)11(10)15/h1-4H,5H2,(H,17,18,19). The molecular formula is C13H7F3O3S. The van der Waals surface area contributed by atoms with Gasteiger partial charge in [0.15, 0.2) is 17.5 Å². The molecule has 20 heavy (non-hydrogen) atoms. The average molecular weight is 300 g/mol. The molecule has 0 aliphatic heterocycles. The van der Waals surface area contributed by atoms with Gasteiger partial charge in [0.2, 0.25) is 0 Å². The van der Waals surface area contributed by atoms with E-state index in [0.29, 0.717) is 11.1 Å². The molecule has 3 nitrogen and oxygen atoms in total. The zero-order valence-electron chi connectivity index (χ0n) is 9.82. The van der Waals surface area contributed by atoms with Crippen LogP contribution in [-0.2, 0) is 16.5 Å². The molecule has 104 valence electrons. The Hall–Kier alpha value is -1.86. The molecule has 0 spiro atoms. The molecule has 2 aromatic rings. The van der Waals surface area contributed by atoms with Crippen LogP contribution in [0.2, 0.25) is 0 Å². The van der Waals surface area contributed by atoms with E-state index in [1.165, 1.54) is 6.07 Å². The number of rotatable bonds is 1. The van der Waals surface area contributed by atoms with E-state index in [0.717, 1.165) is 0 Å². The van der Waals surface area contributed by atoms with E-state index in [1.807, 2.05) is 0 Å². The van der Waals surface area contributed by atoms with Crippen LogP contribution in [0.5, 0.6) is 0 Å². The first-order chi connectivity index (χ1) is 9.32. The third-order valence-corrected chi connectivity index (χ3v) is 4.23. The van der Waals surface area contributed by atoms with Gasteiger partial charge in [-0.25, -0.2) is 13.2 Å². The summed E-state index contributed by atoms with van der Waals surface area (Å²) in [6.07, 6.45) is -0.0885. The highest BCUT2D eigenvalue weighted by molar-refractivity contribution is 7.85. The van der Waals surface area contributed by atoms with Crippen molar-refractivity contribution in [1.29, 1.82) is 0 Å². The van der Waals surface area contributed by atoms with Crippen LogP contribution in [0.4, 0.5) is 13.2 Å². The summed E-state index contributed by atoms with van der Waals surface area (Å²) in [6, 6.07) is 6.29. The first kappa shape index (κ1) is 13.1. The Balaban J connectivity index is 2.49. The molecule has 0 radical (unpaired) electrons. The molecular weight excluding hydrogens is 293 g/mol. The summed E-state index contributed by atoms with van der Waals surface area (Å²) in [5.74, 6) is -5.25. The molecule has 1 aliphatic carbocycles. The zero-order chi connectivity index (χ0) is 14.7. The van der Waals surface area contributed by atoms with Gasteiger partial charge in [-0.05, 0) is 16.7 Å². The number of halogens is 3. The number of hydrogen-bond acceptors (Lipinski definition) is 2. The van der Waals surface area contributed by atoms with Crippen LogP contribution in [-0.4, -0.2) is 13.0 Å². The van der Waals surface area contributed by atoms with Crippen molar-refractivity contribution < 1.29 is 26.1 Å². The molecule has 2 aromatic carbocycles. The summed E-state index contributed by atoms with van der Waals surface area (Å²) in [4.78, 5) is -1.19. The molecule has 0 aromatic heterocycles. The second-order valence-electron chi connectivity index (χ2n) is 4.43. The summed E-state index contributed by atoms with van der Waals surface area (Å²) >= 11 is 0. The molecule has 0 fully saturated rings. The second-order valence-corrected chi connectivity index (χ2v) is 5.79. The Morgan fingerprint density at radius 1 is 1.00 bits per heavy atom. The van der Waals surface area contributed by atoms with Crippen molar-refractivity contribution in [2.45, 2.75) is 11.3 Å². The van der Waals surface area contributed by atoms with E-state index < -0.39 is 32.5 Å². The lowest BCUT2D eigenvalue weighted by atomic mass is 10.0. The monoisotopic (exact) mass is 300 g/mol. The molecule has 1 N–H and O–H groups in total. The van der Waals surface area contributed by atoms with E-state index >= 15 is 0 Å². The minimum absolute atomic E-state index is 0.0885. The summed E-state index contributed by atoms with van der Waals surface area (Å²) in [6.45, 7) is 0. The molecule has 0 amide bonds. The number of benzene rings is 2. The summed E-state index contributed by atoms with van der Waals surface area (Å²) < 4.78 is 72.7. The van der Waals surface area contributed by atoms with Gasteiger partial charge in [-0.15, -0.1) is 0 Å². The van der Waals surface area contributed by atoms with Gasteiger partial charge in [0, 0.05) is 12.0 Å². The van der Waals surface area contributed by atoms with Gasteiger partial charge < -0.3 is 0 Å². The quantitative estimate of drug-likeness (QED) is 0.555. The first-order valence-electron chi connectivity index (χ1n) is 5.57. The minimum Gasteiger partial charge on any atom is -0.282 e. The Morgan fingerprint density at radius 2 is 1.65 bits per heavy atom. The largest absolute Gasteiger partial charge is 0.297 e. The molecule has 0 saturated heterocycles. The molecule has 0 heterocycles. The molecule has 0 saturated carbocycles.